The maximum Gasteiger partial charge on any atom is 0.299 e. The fraction of sp³-hybridized carbons (Fsp3) is 0.400. The molecule has 1 fully saturated rings. The normalized spacial score (nSPS) is 22.1. The zero-order chi connectivity index (χ0) is 13.3. The smallest absolute Gasteiger partial charge is 0.299 e. The van der Waals surface area contributed by atoms with Gasteiger partial charge in [-0.25, -0.2) is 0 Å². The van der Waals surface area contributed by atoms with Crippen molar-refractivity contribution in [2.45, 2.75) is 25.0 Å². The predicted molar refractivity (Wildman–Crippen MR) is 62.4 cm³/mol. The number of benzene rings is 1. The van der Waals surface area contributed by atoms with Crippen LogP contribution in [-0.4, -0.2) is 27.1 Å². The second kappa shape index (κ2) is 4.57. The molecule has 1 aliphatic carbocycles. The second-order valence-electron chi connectivity index (χ2n) is 4.18. The molecule has 1 aromatic rings. The van der Waals surface area contributed by atoms with Gasteiger partial charge < -0.3 is 10.4 Å². The molecule has 8 heteroatoms. The summed E-state index contributed by atoms with van der Waals surface area (Å²) >= 11 is 0. The molecule has 0 radical (unpaired) electrons. The van der Waals surface area contributed by atoms with Gasteiger partial charge in [-0.1, -0.05) is 0 Å². The molecule has 0 heterocycles. The number of non-ortho nitro benzene ring substituents is 1. The average molecular weight is 253 g/mol. The summed E-state index contributed by atoms with van der Waals surface area (Å²) in [5, 5.41) is 33.4. The van der Waals surface area contributed by atoms with Crippen LogP contribution in [0.1, 0.15) is 12.8 Å². The van der Waals surface area contributed by atoms with E-state index in [4.69, 9.17) is 5.11 Å². The van der Waals surface area contributed by atoms with Crippen LogP contribution in [0.2, 0.25) is 0 Å². The number of anilines is 1. The number of nitrogens with zero attached hydrogens (tertiary/aromatic N) is 2. The minimum atomic E-state index is -0.677. The van der Waals surface area contributed by atoms with Crippen molar-refractivity contribution in [3.63, 3.8) is 0 Å². The third-order valence-electron chi connectivity index (χ3n) is 2.86. The van der Waals surface area contributed by atoms with Gasteiger partial charge in [-0.2, -0.15) is 0 Å². The lowest BCUT2D eigenvalue weighted by Gasteiger charge is -2.32. The number of nitro groups is 2. The summed E-state index contributed by atoms with van der Waals surface area (Å²) in [6, 6.07) is 3.43. The van der Waals surface area contributed by atoms with Crippen molar-refractivity contribution in [3.8, 4) is 0 Å². The van der Waals surface area contributed by atoms with Crippen molar-refractivity contribution in [1.82, 2.24) is 0 Å². The van der Waals surface area contributed by atoms with Gasteiger partial charge in [0.15, 0.2) is 0 Å². The summed E-state index contributed by atoms with van der Waals surface area (Å²) in [5.41, 5.74) is -0.408. The lowest BCUT2D eigenvalue weighted by Crippen LogP contribution is -2.39. The molecule has 0 spiro atoms. The molecule has 2 rings (SSSR count). The van der Waals surface area contributed by atoms with Crippen LogP contribution in [0, 0.1) is 20.2 Å². The third kappa shape index (κ3) is 2.38. The van der Waals surface area contributed by atoms with E-state index in [1.807, 2.05) is 0 Å². The Labute approximate surface area is 102 Å². The second-order valence-corrected chi connectivity index (χ2v) is 4.18. The fourth-order valence-electron chi connectivity index (χ4n) is 1.83. The number of nitro benzene ring substituents is 2. The van der Waals surface area contributed by atoms with E-state index >= 15 is 0 Å². The molecule has 8 nitrogen and oxygen atoms in total. The number of aliphatic hydroxyl groups excluding tert-OH is 1. The Kier molecular flexibility index (Phi) is 3.11. The molecule has 18 heavy (non-hydrogen) atoms. The van der Waals surface area contributed by atoms with Crippen molar-refractivity contribution < 1.29 is 15.0 Å². The first-order chi connectivity index (χ1) is 8.47. The van der Waals surface area contributed by atoms with Gasteiger partial charge in [0.05, 0.1) is 22.0 Å². The molecule has 0 bridgehead atoms. The van der Waals surface area contributed by atoms with Gasteiger partial charge in [0.1, 0.15) is 5.69 Å². The minimum absolute atomic E-state index is 0.0276. The van der Waals surface area contributed by atoms with Crippen molar-refractivity contribution in [2.75, 3.05) is 5.32 Å². The molecular weight excluding hydrogens is 242 g/mol. The maximum absolute atomic E-state index is 10.8. The first kappa shape index (κ1) is 12.2. The zero-order valence-electron chi connectivity index (χ0n) is 9.28. The Balaban J connectivity index is 2.23. The molecule has 2 N–H and O–H groups in total. The summed E-state index contributed by atoms with van der Waals surface area (Å²) in [5.74, 6) is 0. The average Bonchev–Trinajstić information content (AvgIpc) is 2.26. The Bertz CT molecular complexity index is 498. The van der Waals surface area contributed by atoms with E-state index in [9.17, 15) is 20.2 Å². The van der Waals surface area contributed by atoms with Crippen molar-refractivity contribution >= 4 is 17.1 Å². The summed E-state index contributed by atoms with van der Waals surface area (Å²) in [6.07, 6.45) is 0.669. The van der Waals surface area contributed by atoms with E-state index < -0.39 is 9.85 Å². The third-order valence-corrected chi connectivity index (χ3v) is 2.86. The first-order valence-electron chi connectivity index (χ1n) is 5.35. The van der Waals surface area contributed by atoms with E-state index in [1.54, 1.807) is 0 Å². The lowest BCUT2D eigenvalue weighted by atomic mass is 9.89. The highest BCUT2D eigenvalue weighted by Gasteiger charge is 2.29. The van der Waals surface area contributed by atoms with Crippen molar-refractivity contribution in [3.05, 3.63) is 38.4 Å². The van der Waals surface area contributed by atoms with Gasteiger partial charge in [0.25, 0.3) is 11.4 Å². The number of rotatable bonds is 4. The molecule has 0 saturated heterocycles. The minimum Gasteiger partial charge on any atom is -0.393 e. The van der Waals surface area contributed by atoms with Gasteiger partial charge in [0.2, 0.25) is 0 Å². The highest BCUT2D eigenvalue weighted by atomic mass is 16.6. The number of hydrogen-bond donors (Lipinski definition) is 2. The van der Waals surface area contributed by atoms with Gasteiger partial charge in [-0.15, -0.1) is 0 Å². The molecule has 0 unspecified atom stereocenters. The molecule has 1 aliphatic rings. The molecule has 0 aromatic heterocycles. The van der Waals surface area contributed by atoms with Crippen molar-refractivity contribution in [2.24, 2.45) is 0 Å². The lowest BCUT2D eigenvalue weighted by molar-refractivity contribution is -0.393. The number of aliphatic hydroxyl groups is 1. The van der Waals surface area contributed by atoms with Crippen LogP contribution in [0.25, 0.3) is 0 Å². The van der Waals surface area contributed by atoms with E-state index in [-0.39, 0.29) is 29.2 Å². The van der Waals surface area contributed by atoms with Gasteiger partial charge in [-0.05, 0) is 18.9 Å². The molecule has 96 valence electrons. The molecule has 0 aliphatic heterocycles. The topological polar surface area (TPSA) is 119 Å². The van der Waals surface area contributed by atoms with Gasteiger partial charge in [-0.3, -0.25) is 20.2 Å². The van der Waals surface area contributed by atoms with Gasteiger partial charge >= 0.3 is 0 Å². The number of nitrogens with one attached hydrogen (secondary N) is 1. The van der Waals surface area contributed by atoms with E-state index in [0.717, 1.165) is 6.07 Å². The monoisotopic (exact) mass is 253 g/mol. The molecule has 0 amide bonds. The molecular formula is C10H11N3O5. The SMILES string of the molecule is O=[N+]([O-])c1ccc(NC2CC(O)C2)c([N+](=O)[O-])c1. The summed E-state index contributed by atoms with van der Waals surface area (Å²) < 4.78 is 0. The van der Waals surface area contributed by atoms with Crippen LogP contribution >= 0.6 is 0 Å². The Morgan fingerprint density at radius 3 is 2.39 bits per heavy atom. The Hall–Kier alpha value is -2.22. The summed E-state index contributed by atoms with van der Waals surface area (Å²) in [6.45, 7) is 0. The van der Waals surface area contributed by atoms with Gasteiger partial charge in [0, 0.05) is 12.1 Å². The fourth-order valence-corrected chi connectivity index (χ4v) is 1.83. The Morgan fingerprint density at radius 1 is 1.22 bits per heavy atom. The molecule has 1 saturated carbocycles. The summed E-state index contributed by atoms with van der Waals surface area (Å²) in [7, 11) is 0. The van der Waals surface area contributed by atoms with E-state index in [0.29, 0.717) is 12.8 Å². The van der Waals surface area contributed by atoms with Crippen LogP contribution in [-0.2, 0) is 0 Å². The molecule has 0 atom stereocenters. The zero-order valence-corrected chi connectivity index (χ0v) is 9.28. The van der Waals surface area contributed by atoms with Crippen molar-refractivity contribution in [1.29, 1.82) is 0 Å². The standard InChI is InChI=1S/C10H11N3O5/c14-8-3-6(4-8)11-9-2-1-7(12(15)16)5-10(9)13(17)18/h1-2,5-6,8,11,14H,3-4H2. The largest absolute Gasteiger partial charge is 0.393 e. The van der Waals surface area contributed by atoms with E-state index in [2.05, 4.69) is 5.32 Å². The first-order valence-corrected chi connectivity index (χ1v) is 5.35. The summed E-state index contributed by atoms with van der Waals surface area (Å²) in [4.78, 5) is 20.1. The maximum atomic E-state index is 10.8. The van der Waals surface area contributed by atoms with Crippen LogP contribution in [0.5, 0.6) is 0 Å². The highest BCUT2D eigenvalue weighted by Crippen LogP contribution is 2.32. The predicted octanol–water partition coefficient (Wildman–Crippen LogP) is 1.44. The number of hydrogen-bond acceptors (Lipinski definition) is 6. The molecule has 1 aromatic carbocycles. The van der Waals surface area contributed by atoms with Crippen LogP contribution in [0.3, 0.4) is 0 Å². The van der Waals surface area contributed by atoms with E-state index in [1.165, 1.54) is 12.1 Å². The quantitative estimate of drug-likeness (QED) is 0.619. The van der Waals surface area contributed by atoms with Crippen LogP contribution in [0.15, 0.2) is 18.2 Å². The highest BCUT2D eigenvalue weighted by molar-refractivity contribution is 5.65. The van der Waals surface area contributed by atoms with Crippen LogP contribution in [0.4, 0.5) is 17.1 Å². The Morgan fingerprint density at radius 2 is 1.89 bits per heavy atom. The van der Waals surface area contributed by atoms with Crippen LogP contribution < -0.4 is 5.32 Å².